The Kier molecular flexibility index (Phi) is 6.42. The summed E-state index contributed by atoms with van der Waals surface area (Å²) in [5.41, 5.74) is 10.4. The molecule has 0 aliphatic rings. The fourth-order valence-corrected chi connectivity index (χ4v) is 8.94. The molecular weight excluding hydrogens is 653 g/mol. The van der Waals surface area contributed by atoms with Crippen LogP contribution in [0.1, 0.15) is 0 Å². The van der Waals surface area contributed by atoms with E-state index in [4.69, 9.17) is 14.4 Å². The Bertz CT molecular complexity index is 3180. The van der Waals surface area contributed by atoms with Crippen molar-refractivity contribution in [3.8, 4) is 44.9 Å². The number of fused-ring (bicyclic) bond motifs is 9. The van der Waals surface area contributed by atoms with Gasteiger partial charge < -0.3 is 4.42 Å². The summed E-state index contributed by atoms with van der Waals surface area (Å²) in [5, 5.41) is 7.84. The Morgan fingerprint density at radius 1 is 0.442 bits per heavy atom. The molecule has 0 amide bonds. The van der Waals surface area contributed by atoms with Gasteiger partial charge >= 0.3 is 0 Å². The molecule has 0 bridgehead atoms. The van der Waals surface area contributed by atoms with E-state index in [1.54, 1.807) is 11.3 Å². The third-order valence-electron chi connectivity index (χ3n) is 10.3. The second-order valence-corrected chi connectivity index (χ2v) is 14.4. The summed E-state index contributed by atoms with van der Waals surface area (Å²) in [6.45, 7) is 0. The van der Waals surface area contributed by atoms with Gasteiger partial charge in [0, 0.05) is 37.4 Å². The molecule has 0 spiro atoms. The maximum atomic E-state index is 6.72. The Balaban J connectivity index is 1.18. The minimum atomic E-state index is 0.703. The van der Waals surface area contributed by atoms with E-state index >= 15 is 0 Å². The molecular formula is C48H28N2OS. The summed E-state index contributed by atoms with van der Waals surface area (Å²) in [5.74, 6) is 0.703. The van der Waals surface area contributed by atoms with E-state index < -0.39 is 0 Å². The molecule has 0 atom stereocenters. The molecule has 0 aliphatic heterocycles. The van der Waals surface area contributed by atoms with Crippen LogP contribution in [0.4, 0.5) is 0 Å². The molecule has 3 heterocycles. The van der Waals surface area contributed by atoms with Crippen LogP contribution < -0.4 is 0 Å². The number of hydrogen-bond donors (Lipinski definition) is 0. The van der Waals surface area contributed by atoms with Crippen molar-refractivity contribution in [3.05, 3.63) is 170 Å². The minimum absolute atomic E-state index is 0.703. The van der Waals surface area contributed by atoms with Gasteiger partial charge in [0.15, 0.2) is 5.82 Å². The lowest BCUT2D eigenvalue weighted by atomic mass is 9.94. The topological polar surface area (TPSA) is 38.9 Å². The summed E-state index contributed by atoms with van der Waals surface area (Å²) in [6, 6.07) is 60.1. The van der Waals surface area contributed by atoms with Gasteiger partial charge in [-0.15, -0.1) is 11.3 Å². The Morgan fingerprint density at radius 3 is 2.00 bits per heavy atom. The first kappa shape index (κ1) is 29.1. The van der Waals surface area contributed by atoms with E-state index in [-0.39, 0.29) is 0 Å². The summed E-state index contributed by atoms with van der Waals surface area (Å²) in [6.07, 6.45) is 0. The van der Waals surface area contributed by atoms with E-state index in [1.165, 1.54) is 26.6 Å². The first-order valence-electron chi connectivity index (χ1n) is 17.5. The standard InChI is InChI=1S/C48H28N2OS/c1-2-11-29(12-3-1)31-21-24-32(25-22-31)44-47-45(38-17-8-9-20-42(38)52-47)50-48(49-44)39-28-40-43-35(34-26-23-30-13-4-5-14-33(30)27-34)18-10-19-41(43)51-46(40)37-16-7-6-15-36(37)39/h1-28H. The first-order valence-corrected chi connectivity index (χ1v) is 18.3. The van der Waals surface area contributed by atoms with Gasteiger partial charge in [0.05, 0.1) is 15.9 Å². The van der Waals surface area contributed by atoms with E-state index in [0.29, 0.717) is 5.82 Å². The van der Waals surface area contributed by atoms with Gasteiger partial charge in [-0.3, -0.25) is 0 Å². The lowest BCUT2D eigenvalue weighted by molar-refractivity contribution is 0.673. The van der Waals surface area contributed by atoms with Gasteiger partial charge in [0.2, 0.25) is 0 Å². The van der Waals surface area contributed by atoms with Gasteiger partial charge in [-0.2, -0.15) is 0 Å². The number of hydrogen-bond acceptors (Lipinski definition) is 4. The number of aromatic nitrogens is 2. The van der Waals surface area contributed by atoms with Crippen molar-refractivity contribution < 1.29 is 4.42 Å². The number of rotatable bonds is 4. The molecule has 3 nitrogen and oxygen atoms in total. The van der Waals surface area contributed by atoms with Crippen molar-refractivity contribution in [1.82, 2.24) is 9.97 Å². The summed E-state index contributed by atoms with van der Waals surface area (Å²) >= 11 is 1.76. The maximum Gasteiger partial charge on any atom is 0.161 e. The van der Waals surface area contributed by atoms with Crippen LogP contribution in [0.5, 0.6) is 0 Å². The molecule has 0 saturated carbocycles. The van der Waals surface area contributed by atoms with Gasteiger partial charge in [-0.25, -0.2) is 9.97 Å². The highest BCUT2D eigenvalue weighted by molar-refractivity contribution is 7.26. The molecule has 0 aliphatic carbocycles. The molecule has 52 heavy (non-hydrogen) atoms. The Labute approximate surface area is 303 Å². The summed E-state index contributed by atoms with van der Waals surface area (Å²) in [4.78, 5) is 10.8. The average molecular weight is 681 g/mol. The fraction of sp³-hybridized carbons (Fsp3) is 0. The van der Waals surface area contributed by atoms with Crippen molar-refractivity contribution in [2.75, 3.05) is 0 Å². The molecule has 11 rings (SSSR count). The average Bonchev–Trinajstić information content (AvgIpc) is 3.79. The predicted molar refractivity (Wildman–Crippen MR) is 219 cm³/mol. The SMILES string of the molecule is c1ccc(-c2ccc(-c3nc(-c4cc5c(oc6cccc(-c7ccc8ccccc8c7)c65)c5ccccc45)nc4c3sc3ccccc34)cc2)cc1. The van der Waals surface area contributed by atoms with Gasteiger partial charge in [0.25, 0.3) is 0 Å². The lowest BCUT2D eigenvalue weighted by Gasteiger charge is -2.11. The number of thiophene rings is 1. The molecule has 0 fully saturated rings. The van der Waals surface area contributed by atoms with Crippen LogP contribution in [0.15, 0.2) is 174 Å². The summed E-state index contributed by atoms with van der Waals surface area (Å²) in [7, 11) is 0. The third kappa shape index (κ3) is 4.51. The van der Waals surface area contributed by atoms with Crippen molar-refractivity contribution >= 4 is 75.1 Å². The molecule has 4 heteroatoms. The monoisotopic (exact) mass is 680 g/mol. The second-order valence-electron chi connectivity index (χ2n) is 13.3. The van der Waals surface area contributed by atoms with Crippen molar-refractivity contribution in [2.24, 2.45) is 0 Å². The molecule has 8 aromatic carbocycles. The largest absolute Gasteiger partial charge is 0.455 e. The number of benzene rings is 8. The van der Waals surface area contributed by atoms with Gasteiger partial charge in [-0.1, -0.05) is 146 Å². The van der Waals surface area contributed by atoms with Crippen molar-refractivity contribution in [2.45, 2.75) is 0 Å². The molecule has 0 radical (unpaired) electrons. The van der Waals surface area contributed by atoms with Crippen molar-refractivity contribution in [3.63, 3.8) is 0 Å². The predicted octanol–water partition coefficient (Wildman–Crippen LogP) is 13.7. The van der Waals surface area contributed by atoms with Crippen LogP contribution in [-0.2, 0) is 0 Å². The zero-order valence-corrected chi connectivity index (χ0v) is 28.7. The van der Waals surface area contributed by atoms with E-state index in [0.717, 1.165) is 76.3 Å². The highest BCUT2D eigenvalue weighted by Gasteiger charge is 2.22. The highest BCUT2D eigenvalue weighted by Crippen LogP contribution is 2.45. The van der Waals surface area contributed by atoms with Crippen LogP contribution in [0.2, 0.25) is 0 Å². The van der Waals surface area contributed by atoms with E-state index in [2.05, 4.69) is 170 Å². The lowest BCUT2D eigenvalue weighted by Crippen LogP contribution is -1.95. The van der Waals surface area contributed by atoms with Crippen LogP contribution in [0, 0.1) is 0 Å². The minimum Gasteiger partial charge on any atom is -0.455 e. The maximum absolute atomic E-state index is 6.72. The Morgan fingerprint density at radius 2 is 1.13 bits per heavy atom. The normalized spacial score (nSPS) is 11.8. The Hall–Kier alpha value is -6.62. The molecule has 0 saturated heterocycles. The molecule has 242 valence electrons. The van der Waals surface area contributed by atoms with Crippen LogP contribution in [-0.4, -0.2) is 9.97 Å². The molecule has 0 unspecified atom stereocenters. The summed E-state index contributed by atoms with van der Waals surface area (Å²) < 4.78 is 9.02. The number of nitrogens with zero attached hydrogens (tertiary/aromatic N) is 2. The van der Waals surface area contributed by atoms with E-state index in [1.807, 2.05) is 0 Å². The smallest absolute Gasteiger partial charge is 0.161 e. The molecule has 11 aromatic rings. The van der Waals surface area contributed by atoms with Crippen LogP contribution in [0.25, 0.3) is 109 Å². The number of furan rings is 1. The van der Waals surface area contributed by atoms with E-state index in [9.17, 15) is 0 Å². The third-order valence-corrected chi connectivity index (χ3v) is 11.5. The van der Waals surface area contributed by atoms with Crippen LogP contribution in [0.3, 0.4) is 0 Å². The molecule has 0 N–H and O–H groups in total. The zero-order valence-electron chi connectivity index (χ0n) is 27.9. The van der Waals surface area contributed by atoms with Crippen molar-refractivity contribution in [1.29, 1.82) is 0 Å². The first-order chi connectivity index (χ1) is 25.8. The van der Waals surface area contributed by atoms with Gasteiger partial charge in [0.1, 0.15) is 11.2 Å². The highest BCUT2D eigenvalue weighted by atomic mass is 32.1. The van der Waals surface area contributed by atoms with Gasteiger partial charge in [-0.05, 0) is 62.7 Å². The fourth-order valence-electron chi connectivity index (χ4n) is 7.79. The van der Waals surface area contributed by atoms with Crippen LogP contribution >= 0.6 is 11.3 Å². The quantitative estimate of drug-likeness (QED) is 0.186. The molecule has 3 aromatic heterocycles. The zero-order chi connectivity index (χ0) is 34.2. The second kappa shape index (κ2) is 11.5.